The Bertz CT molecular complexity index is 1520. The van der Waals surface area contributed by atoms with Gasteiger partial charge in [-0.05, 0) is 54.4 Å². The number of fused-ring (bicyclic) bond motifs is 3. The van der Waals surface area contributed by atoms with Crippen LogP contribution in [-0.4, -0.2) is 49.0 Å². The van der Waals surface area contributed by atoms with Gasteiger partial charge in [0.1, 0.15) is 0 Å². The van der Waals surface area contributed by atoms with Gasteiger partial charge in [0.2, 0.25) is 14.3 Å². The first-order chi connectivity index (χ1) is 20.0. The lowest BCUT2D eigenvalue weighted by molar-refractivity contribution is -0.151. The van der Waals surface area contributed by atoms with Crippen molar-refractivity contribution in [3.8, 4) is 0 Å². The summed E-state index contributed by atoms with van der Waals surface area (Å²) in [6.07, 6.45) is -0.264. The number of halogens is 2. The SMILES string of the molecule is C[C@H]1[C@H]([Si](C)(C)F)[C@@H](CC(=O)N2Cc3ccccc3C[C@H]2CO)O[C@]12C(=O)N(Cc1ccccc1)c1ccc(Br)cc12. The van der Waals surface area contributed by atoms with Gasteiger partial charge >= 0.3 is 0 Å². The van der Waals surface area contributed by atoms with Crippen LogP contribution in [0.5, 0.6) is 0 Å². The third kappa shape index (κ3) is 4.84. The minimum Gasteiger partial charge on any atom is -0.394 e. The Morgan fingerprint density at radius 2 is 1.79 bits per heavy atom. The Hall–Kier alpha value is -2.85. The predicted molar refractivity (Wildman–Crippen MR) is 166 cm³/mol. The second-order valence-electron chi connectivity index (χ2n) is 12.3. The molecule has 0 saturated carbocycles. The van der Waals surface area contributed by atoms with Crippen LogP contribution >= 0.6 is 15.9 Å². The van der Waals surface area contributed by atoms with Crippen molar-refractivity contribution in [2.75, 3.05) is 11.5 Å². The summed E-state index contributed by atoms with van der Waals surface area (Å²) in [6, 6.07) is 23.1. The molecule has 42 heavy (non-hydrogen) atoms. The molecule has 220 valence electrons. The Morgan fingerprint density at radius 3 is 2.48 bits per heavy atom. The van der Waals surface area contributed by atoms with Gasteiger partial charge in [-0.25, -0.2) is 0 Å². The van der Waals surface area contributed by atoms with Crippen LogP contribution in [0.25, 0.3) is 0 Å². The van der Waals surface area contributed by atoms with Crippen LogP contribution in [0.2, 0.25) is 18.6 Å². The van der Waals surface area contributed by atoms with E-state index >= 15 is 4.11 Å². The van der Waals surface area contributed by atoms with E-state index in [9.17, 15) is 14.7 Å². The number of ether oxygens (including phenoxy) is 1. The van der Waals surface area contributed by atoms with Gasteiger partial charge in [-0.15, -0.1) is 0 Å². The topological polar surface area (TPSA) is 70.1 Å². The standard InChI is InChI=1S/C33H36BrFN2O4Si/c1-21-31(42(2,3)35)29(17-30(39)36-19-24-12-8-7-11-23(24)15-26(36)20-38)41-33(21)27-16-25(34)13-14-28(27)37(32(33)40)18-22-9-5-4-6-10-22/h4-14,16,21,26,29,31,38H,15,17-20H2,1-3H3/t21-,26-,29+,31-,33+/m0/s1. The number of amides is 2. The fraction of sp³-hybridized carbons (Fsp3) is 0.394. The molecule has 3 aromatic carbocycles. The maximum Gasteiger partial charge on any atom is 0.264 e. The Morgan fingerprint density at radius 1 is 1.10 bits per heavy atom. The van der Waals surface area contributed by atoms with Gasteiger partial charge in [0.15, 0.2) is 5.60 Å². The molecule has 1 saturated heterocycles. The first-order valence-electron chi connectivity index (χ1n) is 14.5. The summed E-state index contributed by atoms with van der Waals surface area (Å²) in [5, 5.41) is 10.2. The largest absolute Gasteiger partial charge is 0.394 e. The molecule has 9 heteroatoms. The number of anilines is 1. The van der Waals surface area contributed by atoms with E-state index in [1.807, 2.05) is 79.7 Å². The molecule has 3 heterocycles. The second kappa shape index (κ2) is 11.0. The van der Waals surface area contributed by atoms with E-state index in [1.54, 1.807) is 22.9 Å². The number of aliphatic hydroxyl groups excluding tert-OH is 1. The number of aliphatic hydroxyl groups is 1. The van der Waals surface area contributed by atoms with Crippen molar-refractivity contribution in [1.82, 2.24) is 4.90 Å². The minimum absolute atomic E-state index is 0.0505. The zero-order valence-corrected chi connectivity index (χ0v) is 26.7. The summed E-state index contributed by atoms with van der Waals surface area (Å²) in [5.41, 5.74) is 2.62. The van der Waals surface area contributed by atoms with Gasteiger partial charge in [0, 0.05) is 28.0 Å². The summed E-state index contributed by atoms with van der Waals surface area (Å²) >= 11 is 3.58. The van der Waals surface area contributed by atoms with Crippen molar-refractivity contribution in [1.29, 1.82) is 0 Å². The van der Waals surface area contributed by atoms with Gasteiger partial charge in [0.05, 0.1) is 37.4 Å². The summed E-state index contributed by atoms with van der Waals surface area (Å²) in [5.74, 6) is -0.897. The number of carbonyl (C=O) groups is 2. The molecule has 0 bridgehead atoms. The van der Waals surface area contributed by atoms with Crippen LogP contribution in [0.4, 0.5) is 9.80 Å². The van der Waals surface area contributed by atoms with Crippen molar-refractivity contribution >= 4 is 41.8 Å². The van der Waals surface area contributed by atoms with Gasteiger partial charge in [-0.2, -0.15) is 0 Å². The van der Waals surface area contributed by atoms with Gasteiger partial charge < -0.3 is 23.8 Å². The molecule has 0 radical (unpaired) electrons. The molecule has 6 rings (SSSR count). The van der Waals surface area contributed by atoms with Crippen LogP contribution in [0, 0.1) is 5.92 Å². The molecule has 1 spiro atoms. The van der Waals surface area contributed by atoms with E-state index in [0.717, 1.165) is 26.9 Å². The second-order valence-corrected chi connectivity index (χ2v) is 17.1. The van der Waals surface area contributed by atoms with E-state index in [0.29, 0.717) is 25.1 Å². The first-order valence-corrected chi connectivity index (χ1v) is 18.3. The van der Waals surface area contributed by atoms with E-state index in [4.69, 9.17) is 4.74 Å². The number of hydrogen-bond donors (Lipinski definition) is 1. The van der Waals surface area contributed by atoms with Crippen LogP contribution in [0.1, 0.15) is 35.6 Å². The van der Waals surface area contributed by atoms with Gasteiger partial charge in [-0.3, -0.25) is 9.59 Å². The van der Waals surface area contributed by atoms with Crippen LogP contribution < -0.4 is 4.90 Å². The minimum atomic E-state index is -3.43. The molecule has 0 aliphatic carbocycles. The molecular weight excluding hydrogens is 615 g/mol. The van der Waals surface area contributed by atoms with Crippen molar-refractivity contribution in [2.45, 2.75) is 69.2 Å². The average Bonchev–Trinajstić information content (AvgIpc) is 3.39. The summed E-state index contributed by atoms with van der Waals surface area (Å²) in [4.78, 5) is 31.9. The Kier molecular flexibility index (Phi) is 7.66. The number of carbonyl (C=O) groups excluding carboxylic acids is 2. The van der Waals surface area contributed by atoms with E-state index in [-0.39, 0.29) is 30.9 Å². The monoisotopic (exact) mass is 650 g/mol. The summed E-state index contributed by atoms with van der Waals surface area (Å²) < 4.78 is 23.8. The molecule has 3 aliphatic rings. The molecule has 5 atom stereocenters. The summed E-state index contributed by atoms with van der Waals surface area (Å²) in [6.45, 7) is 5.78. The fourth-order valence-corrected chi connectivity index (χ4v) is 10.3. The van der Waals surface area contributed by atoms with Crippen LogP contribution in [0.3, 0.4) is 0 Å². The van der Waals surface area contributed by atoms with Crippen molar-refractivity contribution in [2.24, 2.45) is 5.92 Å². The molecule has 3 aliphatic heterocycles. The normalized spacial score (nSPS) is 27.0. The van der Waals surface area contributed by atoms with Gasteiger partial charge in [-0.1, -0.05) is 77.5 Å². The molecule has 0 unspecified atom stereocenters. The maximum absolute atomic E-state index is 16.2. The van der Waals surface area contributed by atoms with E-state index in [2.05, 4.69) is 15.9 Å². The van der Waals surface area contributed by atoms with Gasteiger partial charge in [0.25, 0.3) is 5.91 Å². The number of benzene rings is 3. The van der Waals surface area contributed by atoms with Crippen molar-refractivity contribution < 1.29 is 23.5 Å². The number of rotatable bonds is 6. The summed E-state index contributed by atoms with van der Waals surface area (Å²) in [7, 11) is -3.43. The van der Waals surface area contributed by atoms with E-state index in [1.165, 1.54) is 0 Å². The smallest absolute Gasteiger partial charge is 0.264 e. The number of nitrogens with zero attached hydrogens (tertiary/aromatic N) is 2. The third-order valence-corrected chi connectivity index (χ3v) is 12.3. The third-order valence-electron chi connectivity index (χ3n) is 9.37. The highest BCUT2D eigenvalue weighted by atomic mass is 79.9. The Balaban J connectivity index is 1.36. The first kappa shape index (κ1) is 29.2. The Labute approximate surface area is 255 Å². The predicted octanol–water partition coefficient (Wildman–Crippen LogP) is 6.11. The molecule has 1 N–H and O–H groups in total. The lowest BCUT2D eigenvalue weighted by Gasteiger charge is -2.37. The molecule has 1 fully saturated rings. The zero-order valence-electron chi connectivity index (χ0n) is 24.1. The van der Waals surface area contributed by atoms with Crippen molar-refractivity contribution in [3.05, 3.63) is 99.5 Å². The van der Waals surface area contributed by atoms with Crippen molar-refractivity contribution in [3.63, 3.8) is 0 Å². The highest BCUT2D eigenvalue weighted by Crippen LogP contribution is 2.60. The zero-order chi connectivity index (χ0) is 29.8. The molecule has 2 amide bonds. The molecule has 6 nitrogen and oxygen atoms in total. The average molecular weight is 652 g/mol. The fourth-order valence-electron chi connectivity index (χ4n) is 7.47. The van der Waals surface area contributed by atoms with E-state index < -0.39 is 31.6 Å². The molecule has 0 aromatic heterocycles. The molecule has 3 aromatic rings. The lowest BCUT2D eigenvalue weighted by atomic mass is 9.82. The lowest BCUT2D eigenvalue weighted by Crippen LogP contribution is -2.48. The highest BCUT2D eigenvalue weighted by molar-refractivity contribution is 9.10. The maximum atomic E-state index is 16.2. The highest BCUT2D eigenvalue weighted by Gasteiger charge is 2.67. The number of hydrogen-bond acceptors (Lipinski definition) is 4. The van der Waals surface area contributed by atoms with Crippen LogP contribution in [0.15, 0.2) is 77.3 Å². The van der Waals surface area contributed by atoms with Crippen LogP contribution in [-0.2, 0) is 39.4 Å². The molecular formula is C33H36BrFN2O4Si. The quantitative estimate of drug-likeness (QED) is 0.258.